The summed E-state index contributed by atoms with van der Waals surface area (Å²) < 4.78 is 73.4. The first-order valence-corrected chi connectivity index (χ1v) is 22.7. The van der Waals surface area contributed by atoms with Crippen LogP contribution in [-0.4, -0.2) is 333 Å². The van der Waals surface area contributed by atoms with Crippen molar-refractivity contribution in [1.29, 1.82) is 0 Å². The van der Waals surface area contributed by atoms with Crippen molar-refractivity contribution < 1.29 is 159 Å². The first kappa shape index (κ1) is 57.4. The van der Waals surface area contributed by atoms with Gasteiger partial charge in [0.2, 0.25) is 0 Å². The Morgan fingerprint density at radius 3 is 1.18 bits per heavy atom. The van der Waals surface area contributed by atoms with E-state index in [1.54, 1.807) is 0 Å². The molecule has 7 aliphatic heterocycles. The Labute approximate surface area is 401 Å². The molecule has 0 aromatic rings. The molecule has 7 aliphatic rings. The van der Waals surface area contributed by atoms with Crippen LogP contribution in [0.4, 0.5) is 0 Å². The van der Waals surface area contributed by atoms with Gasteiger partial charge in [-0.3, -0.25) is 0 Å². The van der Waals surface area contributed by atoms with E-state index < -0.39 is 236 Å². The van der Waals surface area contributed by atoms with Gasteiger partial charge in [0, 0.05) is 0 Å². The number of hydrogen-bond acceptors (Lipinski definition) is 32. The fraction of sp³-hybridized carbons (Fsp3) is 1.00. The van der Waals surface area contributed by atoms with E-state index in [0.717, 1.165) is 0 Å². The first-order chi connectivity index (χ1) is 33.6. The minimum absolute atomic E-state index is 0.507. The normalized spacial score (nSPS) is 54.4. The summed E-state index contributed by atoms with van der Waals surface area (Å²) in [7, 11) is 0. The monoisotopic (exact) mass is 1050 g/mol. The molecule has 414 valence electrons. The zero-order chi connectivity index (χ0) is 51.9. The second-order valence-electron chi connectivity index (χ2n) is 18.2. The predicted molar refractivity (Wildman–Crippen MR) is 212 cm³/mol. The molecule has 0 radical (unpaired) electrons. The molecular weight excluding hydrogens is 980 g/mol. The molecule has 32 atom stereocenters. The molecule has 32 heteroatoms. The summed E-state index contributed by atoms with van der Waals surface area (Å²) in [6.07, 6.45) is -60.2. The minimum Gasteiger partial charge on any atom is -0.394 e. The van der Waals surface area contributed by atoms with Gasteiger partial charge < -0.3 is 159 Å². The van der Waals surface area contributed by atoms with Crippen LogP contribution in [0.1, 0.15) is 6.92 Å². The third-order valence-electron chi connectivity index (χ3n) is 13.3. The van der Waals surface area contributed by atoms with Crippen LogP contribution in [-0.2, 0) is 61.6 Å². The highest BCUT2D eigenvalue weighted by molar-refractivity contribution is 5.00. The van der Waals surface area contributed by atoms with Crippen molar-refractivity contribution in [3.63, 3.8) is 0 Å². The molecule has 7 heterocycles. The van der Waals surface area contributed by atoms with Crippen molar-refractivity contribution in [2.75, 3.05) is 39.6 Å². The third-order valence-corrected chi connectivity index (χ3v) is 13.3. The van der Waals surface area contributed by atoms with Crippen molar-refractivity contribution >= 4 is 0 Å². The van der Waals surface area contributed by atoms with Crippen molar-refractivity contribution in [2.45, 2.75) is 204 Å². The van der Waals surface area contributed by atoms with Gasteiger partial charge in [-0.25, -0.2) is 0 Å². The molecule has 19 N–H and O–H groups in total. The highest BCUT2D eigenvalue weighted by atomic mass is 16.8. The van der Waals surface area contributed by atoms with E-state index in [4.69, 9.17) is 61.6 Å². The van der Waals surface area contributed by atoms with Crippen molar-refractivity contribution in [1.82, 2.24) is 0 Å². The lowest BCUT2D eigenvalue weighted by Gasteiger charge is -2.51. The van der Waals surface area contributed by atoms with Crippen LogP contribution in [0.5, 0.6) is 0 Å². The molecule has 32 nitrogen and oxygen atoms in total. The lowest BCUT2D eigenvalue weighted by Crippen LogP contribution is -2.69. The number of rotatable bonds is 15. The molecule has 71 heavy (non-hydrogen) atoms. The molecule has 0 bridgehead atoms. The van der Waals surface area contributed by atoms with Gasteiger partial charge in [-0.2, -0.15) is 0 Å². The molecular formula is C39H66O32. The Morgan fingerprint density at radius 1 is 0.310 bits per heavy atom. The third kappa shape index (κ3) is 12.0. The van der Waals surface area contributed by atoms with E-state index in [1.807, 2.05) is 0 Å². The topological polar surface area (TPSA) is 504 Å². The Hall–Kier alpha value is -1.28. The highest BCUT2D eigenvalue weighted by Crippen LogP contribution is 2.38. The zero-order valence-electron chi connectivity index (χ0n) is 37.5. The summed E-state index contributed by atoms with van der Waals surface area (Å²) in [5.41, 5.74) is 0. The molecule has 7 fully saturated rings. The second kappa shape index (κ2) is 24.4. The van der Waals surface area contributed by atoms with Crippen LogP contribution in [0, 0.1) is 0 Å². The SMILES string of the molecule is C[C@@H]1O[C@@H](O[C@@H]2[C@@H](O)[C@H](O[C@H]3[C@H](O[C@@H]4[C@@H](O)[C@H](O)O[C@H](CO)[C@H]4O)O[C@H](CO)[C@@H](O)[C@@H]3O[C@@H]3O[C@H](CO)[C@H](O)[C@H](O[C@@H]4OC[C@@H](O)[C@H](O)[C@H]4O)[C@H]3O)OC[C@H]2O)[C@H](O)[C@H](O[C@@H]2OC[C@@H](O)[C@H](O)[C@H]2O)[C@H]1O. The molecule has 0 spiro atoms. The number of aliphatic hydroxyl groups is 19. The highest BCUT2D eigenvalue weighted by Gasteiger charge is 2.58. The molecule has 0 aromatic heterocycles. The van der Waals surface area contributed by atoms with E-state index >= 15 is 0 Å². The number of hydrogen-bond donors (Lipinski definition) is 19. The van der Waals surface area contributed by atoms with Crippen LogP contribution in [0.2, 0.25) is 0 Å². The molecule has 7 saturated heterocycles. The van der Waals surface area contributed by atoms with Gasteiger partial charge in [-0.05, 0) is 6.92 Å². The largest absolute Gasteiger partial charge is 0.394 e. The van der Waals surface area contributed by atoms with Crippen LogP contribution < -0.4 is 0 Å². The van der Waals surface area contributed by atoms with E-state index in [1.165, 1.54) is 6.92 Å². The predicted octanol–water partition coefficient (Wildman–Crippen LogP) is -13.3. The average Bonchev–Trinajstić information content (AvgIpc) is 3.34. The maximum absolute atomic E-state index is 11.8. The standard InChI is InChI=1S/C39H66O32/c1-8-15(46)28(67-34-21(52)16(47)9(43)5-59-34)25(56)37(62-8)66-27-11(45)7-61-36(24(27)55)71-32-31(20(51)14(4-42)65-39(32)69-29-18(49)12(2-40)63-33(58)23(29)54)70-38-26(57)30(19(50)13(3-41)64-38)68-35-22(53)17(48)10(44)6-60-35/h8-58H,2-7H2,1H3/t8-,9+,10+,11+,12+,13+,14+,15-,16-,17-,18+,19-,20+,21+,22+,23+,24+,25+,26+,27-,28+,29-,30-,31-,32+,33+,34-,35-,36-,37-,38-,39-/m0/s1. The maximum atomic E-state index is 11.8. The van der Waals surface area contributed by atoms with E-state index in [0.29, 0.717) is 0 Å². The lowest BCUT2D eigenvalue weighted by atomic mass is 9.95. The van der Waals surface area contributed by atoms with Crippen molar-refractivity contribution in [3.05, 3.63) is 0 Å². The molecule has 0 saturated carbocycles. The van der Waals surface area contributed by atoms with E-state index in [-0.39, 0.29) is 0 Å². The van der Waals surface area contributed by atoms with Gasteiger partial charge in [0.1, 0.15) is 146 Å². The quantitative estimate of drug-likeness (QED) is 0.0724. The average molecular weight is 1050 g/mol. The van der Waals surface area contributed by atoms with Crippen LogP contribution in [0.3, 0.4) is 0 Å². The Balaban J connectivity index is 1.16. The second-order valence-corrected chi connectivity index (χ2v) is 18.2. The fourth-order valence-electron chi connectivity index (χ4n) is 9.06. The molecule has 0 unspecified atom stereocenters. The Bertz CT molecular complexity index is 1640. The molecule has 0 aromatic carbocycles. The van der Waals surface area contributed by atoms with Crippen molar-refractivity contribution in [2.24, 2.45) is 0 Å². The number of ether oxygens (including phenoxy) is 13. The summed E-state index contributed by atoms with van der Waals surface area (Å²) in [6.45, 7) is -3.51. The Morgan fingerprint density at radius 2 is 0.662 bits per heavy atom. The Kier molecular flexibility index (Phi) is 19.7. The summed E-state index contributed by atoms with van der Waals surface area (Å²) >= 11 is 0. The van der Waals surface area contributed by atoms with E-state index in [9.17, 15) is 97.0 Å². The molecule has 7 rings (SSSR count). The van der Waals surface area contributed by atoms with Gasteiger partial charge in [-0.15, -0.1) is 0 Å². The van der Waals surface area contributed by atoms with Gasteiger partial charge in [-0.1, -0.05) is 0 Å². The molecule has 0 amide bonds. The fourth-order valence-corrected chi connectivity index (χ4v) is 9.06. The van der Waals surface area contributed by atoms with Crippen molar-refractivity contribution in [3.8, 4) is 0 Å². The van der Waals surface area contributed by atoms with Gasteiger partial charge >= 0.3 is 0 Å². The number of aliphatic hydroxyl groups excluding tert-OH is 19. The van der Waals surface area contributed by atoms with Crippen LogP contribution >= 0.6 is 0 Å². The van der Waals surface area contributed by atoms with Gasteiger partial charge in [0.15, 0.2) is 44.0 Å². The van der Waals surface area contributed by atoms with Crippen LogP contribution in [0.25, 0.3) is 0 Å². The van der Waals surface area contributed by atoms with Gasteiger partial charge in [0.25, 0.3) is 0 Å². The summed E-state index contributed by atoms with van der Waals surface area (Å²) in [4.78, 5) is 0. The molecule has 0 aliphatic carbocycles. The minimum atomic E-state index is -2.19. The smallest absolute Gasteiger partial charge is 0.187 e. The summed E-state index contributed by atoms with van der Waals surface area (Å²) in [6, 6.07) is 0. The van der Waals surface area contributed by atoms with E-state index in [2.05, 4.69) is 0 Å². The maximum Gasteiger partial charge on any atom is 0.187 e. The summed E-state index contributed by atoms with van der Waals surface area (Å²) in [5.74, 6) is 0. The van der Waals surface area contributed by atoms with Gasteiger partial charge in [0.05, 0.1) is 45.7 Å². The summed E-state index contributed by atoms with van der Waals surface area (Å²) in [5, 5.41) is 204. The first-order valence-electron chi connectivity index (χ1n) is 22.7. The zero-order valence-corrected chi connectivity index (χ0v) is 37.5. The van der Waals surface area contributed by atoms with Crippen LogP contribution in [0.15, 0.2) is 0 Å². The lowest BCUT2D eigenvalue weighted by molar-refractivity contribution is -0.409.